The molecule has 2 aromatic heterocycles. The molecule has 2 heterocycles. The van der Waals surface area contributed by atoms with Crippen LogP contribution < -0.4 is 0 Å². The molecule has 5 heteroatoms. The Bertz CT molecular complexity index is 475. The van der Waals surface area contributed by atoms with Gasteiger partial charge in [-0.1, -0.05) is 0 Å². The van der Waals surface area contributed by atoms with Crippen LogP contribution in [0.4, 0.5) is 0 Å². The summed E-state index contributed by atoms with van der Waals surface area (Å²) in [6.45, 7) is 1.68. The highest BCUT2D eigenvalue weighted by molar-refractivity contribution is 5.90. The number of oxazole rings is 1. The second-order valence-corrected chi connectivity index (χ2v) is 2.58. The monoisotopic (exact) mass is 178 g/mol. The minimum absolute atomic E-state index is 0.101. The molecule has 2 aromatic rings. The zero-order valence-electron chi connectivity index (χ0n) is 6.81. The molecule has 66 valence electrons. The Balaban J connectivity index is 2.67. The first-order valence-electron chi connectivity index (χ1n) is 3.63. The van der Waals surface area contributed by atoms with Crippen LogP contribution in [0.3, 0.4) is 0 Å². The molecule has 5 nitrogen and oxygen atoms in total. The zero-order valence-corrected chi connectivity index (χ0v) is 6.81. The summed E-state index contributed by atoms with van der Waals surface area (Å²) in [5, 5.41) is 8.65. The summed E-state index contributed by atoms with van der Waals surface area (Å²) < 4.78 is 5.12. The smallest absolute Gasteiger partial charge is 0.337 e. The number of carbonyl (C=O) groups is 1. The third-order valence-corrected chi connectivity index (χ3v) is 1.60. The summed E-state index contributed by atoms with van der Waals surface area (Å²) in [5.74, 6) is -0.548. The van der Waals surface area contributed by atoms with E-state index in [-0.39, 0.29) is 5.56 Å². The average molecular weight is 178 g/mol. The van der Waals surface area contributed by atoms with Crippen LogP contribution in [-0.2, 0) is 0 Å². The van der Waals surface area contributed by atoms with Crippen LogP contribution in [0, 0.1) is 6.92 Å². The first-order chi connectivity index (χ1) is 6.16. The molecular weight excluding hydrogens is 172 g/mol. The minimum atomic E-state index is -1.02. The van der Waals surface area contributed by atoms with Crippen LogP contribution in [0.2, 0.25) is 0 Å². The predicted molar refractivity (Wildman–Crippen MR) is 43.5 cm³/mol. The minimum Gasteiger partial charge on any atom is -0.478 e. The summed E-state index contributed by atoms with van der Waals surface area (Å²) in [7, 11) is 0. The van der Waals surface area contributed by atoms with E-state index >= 15 is 0 Å². The number of aromatic carboxylic acids is 1. The lowest BCUT2D eigenvalue weighted by Gasteiger charge is -1.90. The number of aryl methyl sites for hydroxylation is 1. The van der Waals surface area contributed by atoms with Crippen molar-refractivity contribution in [2.75, 3.05) is 0 Å². The molecule has 0 radical (unpaired) electrons. The van der Waals surface area contributed by atoms with Gasteiger partial charge in [0.2, 0.25) is 0 Å². The highest BCUT2D eigenvalue weighted by atomic mass is 16.4. The lowest BCUT2D eigenvalue weighted by molar-refractivity contribution is 0.0696. The average Bonchev–Trinajstić information content (AvgIpc) is 2.42. The number of hydrogen-bond donors (Lipinski definition) is 1. The largest absolute Gasteiger partial charge is 0.478 e. The topological polar surface area (TPSA) is 76.2 Å². The third kappa shape index (κ3) is 1.24. The van der Waals surface area contributed by atoms with Gasteiger partial charge >= 0.3 is 5.97 Å². The summed E-state index contributed by atoms with van der Waals surface area (Å²) >= 11 is 0. The molecule has 0 spiro atoms. The van der Waals surface area contributed by atoms with Crippen molar-refractivity contribution in [2.24, 2.45) is 0 Å². The molecule has 2 rings (SSSR count). The Kier molecular flexibility index (Phi) is 1.51. The van der Waals surface area contributed by atoms with Gasteiger partial charge in [-0.2, -0.15) is 4.98 Å². The highest BCUT2D eigenvalue weighted by Gasteiger charge is 2.08. The van der Waals surface area contributed by atoms with E-state index in [9.17, 15) is 4.79 Å². The third-order valence-electron chi connectivity index (χ3n) is 1.60. The maximum absolute atomic E-state index is 10.5. The quantitative estimate of drug-likeness (QED) is 0.710. The number of aromatic nitrogens is 2. The summed E-state index contributed by atoms with van der Waals surface area (Å²) in [4.78, 5) is 18.3. The number of nitrogens with zero attached hydrogens (tertiary/aromatic N) is 2. The summed E-state index contributed by atoms with van der Waals surface area (Å²) in [6.07, 6.45) is 1.26. The Morgan fingerprint density at radius 1 is 1.62 bits per heavy atom. The van der Waals surface area contributed by atoms with E-state index < -0.39 is 5.97 Å². The first-order valence-corrected chi connectivity index (χ1v) is 3.63. The van der Waals surface area contributed by atoms with E-state index in [2.05, 4.69) is 9.97 Å². The molecule has 0 amide bonds. The van der Waals surface area contributed by atoms with Gasteiger partial charge in [-0.05, 0) is 0 Å². The maximum Gasteiger partial charge on any atom is 0.337 e. The lowest BCUT2D eigenvalue weighted by atomic mass is 10.3. The Morgan fingerprint density at radius 3 is 3.08 bits per heavy atom. The highest BCUT2D eigenvalue weighted by Crippen LogP contribution is 2.13. The van der Waals surface area contributed by atoms with Gasteiger partial charge in [-0.3, -0.25) is 0 Å². The molecule has 0 bridgehead atoms. The number of rotatable bonds is 1. The van der Waals surface area contributed by atoms with Crippen molar-refractivity contribution in [3.63, 3.8) is 0 Å². The van der Waals surface area contributed by atoms with Crippen LogP contribution in [0.15, 0.2) is 16.7 Å². The van der Waals surface area contributed by atoms with Crippen molar-refractivity contribution in [1.29, 1.82) is 0 Å². The van der Waals surface area contributed by atoms with E-state index in [1.807, 2.05) is 0 Å². The van der Waals surface area contributed by atoms with Crippen LogP contribution in [0.5, 0.6) is 0 Å². The van der Waals surface area contributed by atoms with Crippen LogP contribution >= 0.6 is 0 Å². The van der Waals surface area contributed by atoms with Crippen molar-refractivity contribution in [1.82, 2.24) is 9.97 Å². The molecule has 13 heavy (non-hydrogen) atoms. The number of fused-ring (bicyclic) bond motifs is 1. The van der Waals surface area contributed by atoms with E-state index in [1.165, 1.54) is 12.3 Å². The molecule has 0 aliphatic rings. The van der Waals surface area contributed by atoms with Gasteiger partial charge in [0, 0.05) is 19.2 Å². The fourth-order valence-electron chi connectivity index (χ4n) is 1.04. The van der Waals surface area contributed by atoms with Crippen LogP contribution in [-0.4, -0.2) is 21.0 Å². The van der Waals surface area contributed by atoms with Gasteiger partial charge in [0.05, 0.1) is 5.56 Å². The van der Waals surface area contributed by atoms with Crippen molar-refractivity contribution in [3.05, 3.63) is 23.7 Å². The zero-order chi connectivity index (χ0) is 9.42. The molecule has 0 saturated carbocycles. The van der Waals surface area contributed by atoms with Crippen LogP contribution in [0.1, 0.15) is 16.2 Å². The Hall–Kier alpha value is -1.91. The van der Waals surface area contributed by atoms with Crippen molar-refractivity contribution >= 4 is 17.2 Å². The fourth-order valence-corrected chi connectivity index (χ4v) is 1.04. The number of hydrogen-bond acceptors (Lipinski definition) is 4. The Labute approximate surface area is 73.0 Å². The van der Waals surface area contributed by atoms with Gasteiger partial charge in [0.15, 0.2) is 17.1 Å². The van der Waals surface area contributed by atoms with E-state index in [4.69, 9.17) is 9.52 Å². The van der Waals surface area contributed by atoms with Gasteiger partial charge in [0.25, 0.3) is 0 Å². The van der Waals surface area contributed by atoms with Gasteiger partial charge in [-0.25, -0.2) is 9.78 Å². The summed E-state index contributed by atoms with van der Waals surface area (Å²) in [5.41, 5.74) is 0.934. The normalized spacial score (nSPS) is 10.5. The van der Waals surface area contributed by atoms with Crippen molar-refractivity contribution in [3.8, 4) is 0 Å². The standard InChI is InChI=1S/C8H6N2O3/c1-4-10-7-6(13-4)2-5(3-9-7)8(11)12/h2-3H,1H3,(H,11,12). The second kappa shape index (κ2) is 2.55. The number of pyridine rings is 1. The maximum atomic E-state index is 10.5. The predicted octanol–water partition coefficient (Wildman–Crippen LogP) is 1.23. The van der Waals surface area contributed by atoms with Crippen molar-refractivity contribution < 1.29 is 14.3 Å². The number of carboxylic acids is 1. The number of carboxylic acid groups (broad SMARTS) is 1. The Morgan fingerprint density at radius 2 is 2.38 bits per heavy atom. The second-order valence-electron chi connectivity index (χ2n) is 2.58. The fraction of sp³-hybridized carbons (Fsp3) is 0.125. The van der Waals surface area contributed by atoms with E-state index in [0.717, 1.165) is 0 Å². The van der Waals surface area contributed by atoms with Gasteiger partial charge in [-0.15, -0.1) is 0 Å². The van der Waals surface area contributed by atoms with Crippen molar-refractivity contribution in [2.45, 2.75) is 6.92 Å². The molecular formula is C8H6N2O3. The van der Waals surface area contributed by atoms with E-state index in [0.29, 0.717) is 17.1 Å². The molecule has 0 saturated heterocycles. The molecule has 0 fully saturated rings. The van der Waals surface area contributed by atoms with Crippen LogP contribution in [0.25, 0.3) is 11.2 Å². The van der Waals surface area contributed by atoms with Gasteiger partial charge < -0.3 is 9.52 Å². The molecule has 1 N–H and O–H groups in total. The summed E-state index contributed by atoms with van der Waals surface area (Å²) in [6, 6.07) is 1.41. The molecule has 0 aliphatic heterocycles. The van der Waals surface area contributed by atoms with E-state index in [1.54, 1.807) is 6.92 Å². The molecule has 0 atom stereocenters. The molecule has 0 aliphatic carbocycles. The van der Waals surface area contributed by atoms with Gasteiger partial charge in [0.1, 0.15) is 0 Å². The molecule has 0 aromatic carbocycles. The molecule has 0 unspecified atom stereocenters. The first kappa shape index (κ1) is 7.72. The lowest BCUT2D eigenvalue weighted by Crippen LogP contribution is -1.96. The SMILES string of the molecule is Cc1nc2ncc(C(=O)O)cc2o1.